The van der Waals surface area contributed by atoms with E-state index in [1.165, 1.54) is 135 Å². The maximum absolute atomic E-state index is 12.7. The number of carbonyl (C=O) groups excluding carboxylic acids is 2. The number of phosphoric ester groups is 1. The quantitative estimate of drug-likeness (QED) is 0.0277. The van der Waals surface area contributed by atoms with Gasteiger partial charge in [0, 0.05) is 19.4 Å². The number of phosphoric acid groups is 1. The Kier molecular flexibility index (Phi) is 43.0. The van der Waals surface area contributed by atoms with Crippen LogP contribution < -0.4 is 0 Å². The van der Waals surface area contributed by atoms with Gasteiger partial charge in [-0.2, -0.15) is 0 Å². The first-order valence-corrected chi connectivity index (χ1v) is 25.8. The molecule has 59 heavy (non-hydrogen) atoms. The van der Waals surface area contributed by atoms with Crippen molar-refractivity contribution in [3.63, 3.8) is 0 Å². The lowest BCUT2D eigenvalue weighted by Crippen LogP contribution is -2.29. The molecule has 9 nitrogen and oxygen atoms in total. The molecular formula is C49H92NO8P. The molecule has 0 aromatic rings. The number of unbranched alkanes of at least 4 members (excludes halogenated alkanes) is 25. The number of hydrogen-bond acceptors (Lipinski definition) is 8. The van der Waals surface area contributed by atoms with E-state index in [2.05, 4.69) is 50.3 Å². The fraction of sp³-hybridized carbons (Fsp3) is 0.837. The first kappa shape index (κ1) is 57.2. The van der Waals surface area contributed by atoms with Crippen LogP contribution in [-0.4, -0.2) is 68.3 Å². The minimum Gasteiger partial charge on any atom is -0.462 e. The molecule has 0 aromatic carbocycles. The Labute approximate surface area is 363 Å². The second-order valence-electron chi connectivity index (χ2n) is 16.6. The van der Waals surface area contributed by atoms with Gasteiger partial charge in [0.25, 0.3) is 0 Å². The number of likely N-dealkylation sites (N-methyl/N-ethyl adjacent to an activating group) is 1. The number of hydrogen-bond donors (Lipinski definition) is 1. The molecular weight excluding hydrogens is 762 g/mol. The van der Waals surface area contributed by atoms with Gasteiger partial charge in [-0.1, -0.05) is 192 Å². The average Bonchev–Trinajstić information content (AvgIpc) is 3.20. The Balaban J connectivity index is 4.21. The van der Waals surface area contributed by atoms with Crippen molar-refractivity contribution < 1.29 is 37.6 Å². The standard InChI is InChI=1S/C49H92NO8P/c1-5-7-9-11-13-15-17-19-21-22-23-24-25-26-28-29-31-33-35-37-39-41-48(51)55-45-47(46-57-59(53,54)56-44-43-50(3)4)58-49(52)42-40-38-36-34-32-30-27-20-18-16-14-12-10-8-6-2/h14,16,20,27,32,34,47H,5-13,15,17-19,21-26,28-31,33,35-46H2,1-4H3,(H,53,54)/b16-14-,27-20-,34-32-. The van der Waals surface area contributed by atoms with Gasteiger partial charge in [0.15, 0.2) is 6.10 Å². The van der Waals surface area contributed by atoms with Crippen molar-refractivity contribution in [2.75, 3.05) is 40.5 Å². The summed E-state index contributed by atoms with van der Waals surface area (Å²) in [5, 5.41) is 0. The molecule has 0 amide bonds. The minimum absolute atomic E-state index is 0.000989. The normalized spacial score (nSPS) is 13.6. The molecule has 1 N–H and O–H groups in total. The summed E-state index contributed by atoms with van der Waals surface area (Å²) in [7, 11) is -0.728. The summed E-state index contributed by atoms with van der Waals surface area (Å²) in [4.78, 5) is 37.1. The highest BCUT2D eigenvalue weighted by Gasteiger charge is 2.26. The van der Waals surface area contributed by atoms with E-state index < -0.39 is 26.5 Å². The summed E-state index contributed by atoms with van der Waals surface area (Å²) >= 11 is 0. The zero-order valence-electron chi connectivity index (χ0n) is 38.7. The molecule has 0 spiro atoms. The molecule has 0 rings (SSSR count). The number of esters is 2. The van der Waals surface area contributed by atoms with Gasteiger partial charge in [-0.05, 0) is 65.5 Å². The SMILES string of the molecule is CCCCC/C=C\C/C=C\C/C=C\CCCCC(=O)OC(COC(=O)CCCCCCCCCCCCCCCCCCCCCCC)COP(=O)(O)OCCN(C)C. The van der Waals surface area contributed by atoms with E-state index in [0.717, 1.165) is 51.4 Å². The Morgan fingerprint density at radius 2 is 0.915 bits per heavy atom. The second-order valence-corrected chi connectivity index (χ2v) is 18.1. The third-order valence-corrected chi connectivity index (χ3v) is 11.4. The Morgan fingerprint density at radius 1 is 0.525 bits per heavy atom. The van der Waals surface area contributed by atoms with Crippen LogP contribution in [0.4, 0.5) is 0 Å². The van der Waals surface area contributed by atoms with Crippen LogP contribution in [0, 0.1) is 0 Å². The molecule has 0 saturated carbocycles. The summed E-state index contributed by atoms with van der Waals surface area (Å²) in [6.45, 7) is 4.28. The van der Waals surface area contributed by atoms with E-state index in [1.54, 1.807) is 0 Å². The van der Waals surface area contributed by atoms with Crippen molar-refractivity contribution >= 4 is 19.8 Å². The fourth-order valence-electron chi connectivity index (χ4n) is 6.70. The molecule has 2 unspecified atom stereocenters. The lowest BCUT2D eigenvalue weighted by Gasteiger charge is -2.20. The lowest BCUT2D eigenvalue weighted by atomic mass is 10.0. The molecule has 0 radical (unpaired) electrons. The number of allylic oxidation sites excluding steroid dienone is 6. The number of ether oxygens (including phenoxy) is 2. The molecule has 0 fully saturated rings. The number of nitrogens with zero attached hydrogens (tertiary/aromatic N) is 1. The third kappa shape index (κ3) is 45.6. The molecule has 0 aromatic heterocycles. The predicted molar refractivity (Wildman–Crippen MR) is 248 cm³/mol. The van der Waals surface area contributed by atoms with Crippen molar-refractivity contribution in [3.05, 3.63) is 36.5 Å². The molecule has 0 aliphatic heterocycles. The van der Waals surface area contributed by atoms with Crippen LogP contribution in [0.25, 0.3) is 0 Å². The topological polar surface area (TPSA) is 112 Å². The van der Waals surface area contributed by atoms with Crippen LogP contribution in [0.5, 0.6) is 0 Å². The van der Waals surface area contributed by atoms with Gasteiger partial charge in [-0.3, -0.25) is 18.6 Å². The van der Waals surface area contributed by atoms with Gasteiger partial charge in [-0.15, -0.1) is 0 Å². The second kappa shape index (κ2) is 44.3. The first-order chi connectivity index (χ1) is 28.7. The van der Waals surface area contributed by atoms with Crippen LogP contribution in [0.1, 0.15) is 219 Å². The molecule has 0 aliphatic rings. The zero-order valence-corrected chi connectivity index (χ0v) is 39.6. The summed E-state index contributed by atoms with van der Waals surface area (Å²) in [5.74, 6) is -0.839. The van der Waals surface area contributed by atoms with E-state index in [9.17, 15) is 19.0 Å². The largest absolute Gasteiger partial charge is 0.472 e. The fourth-order valence-corrected chi connectivity index (χ4v) is 7.44. The summed E-state index contributed by atoms with van der Waals surface area (Å²) < 4.78 is 33.5. The number of rotatable bonds is 45. The molecule has 0 aliphatic carbocycles. The zero-order chi connectivity index (χ0) is 43.3. The van der Waals surface area contributed by atoms with Crippen LogP contribution in [-0.2, 0) is 32.7 Å². The highest BCUT2D eigenvalue weighted by molar-refractivity contribution is 7.47. The Hall–Kier alpha value is -1.77. The van der Waals surface area contributed by atoms with Crippen molar-refractivity contribution in [1.82, 2.24) is 4.90 Å². The molecule has 0 bridgehead atoms. The van der Waals surface area contributed by atoms with Gasteiger partial charge in [-0.25, -0.2) is 4.57 Å². The van der Waals surface area contributed by atoms with E-state index in [1.807, 2.05) is 19.0 Å². The summed E-state index contributed by atoms with van der Waals surface area (Å²) in [5.41, 5.74) is 0. The lowest BCUT2D eigenvalue weighted by molar-refractivity contribution is -0.161. The van der Waals surface area contributed by atoms with Crippen LogP contribution >= 0.6 is 7.82 Å². The van der Waals surface area contributed by atoms with Crippen molar-refractivity contribution in [3.8, 4) is 0 Å². The van der Waals surface area contributed by atoms with E-state index in [4.69, 9.17) is 18.5 Å². The Morgan fingerprint density at radius 3 is 1.39 bits per heavy atom. The smallest absolute Gasteiger partial charge is 0.462 e. The van der Waals surface area contributed by atoms with Crippen LogP contribution in [0.3, 0.4) is 0 Å². The third-order valence-electron chi connectivity index (χ3n) is 10.4. The van der Waals surface area contributed by atoms with E-state index in [0.29, 0.717) is 13.0 Å². The summed E-state index contributed by atoms with van der Waals surface area (Å²) in [6, 6.07) is 0. The molecule has 346 valence electrons. The Bertz CT molecular complexity index is 1080. The maximum atomic E-state index is 12.7. The number of carbonyl (C=O) groups is 2. The average molecular weight is 854 g/mol. The molecule has 2 atom stereocenters. The highest BCUT2D eigenvalue weighted by Crippen LogP contribution is 2.43. The van der Waals surface area contributed by atoms with Crippen LogP contribution in [0.2, 0.25) is 0 Å². The highest BCUT2D eigenvalue weighted by atomic mass is 31.2. The van der Waals surface area contributed by atoms with Gasteiger partial charge >= 0.3 is 19.8 Å². The van der Waals surface area contributed by atoms with Gasteiger partial charge in [0.2, 0.25) is 0 Å². The monoisotopic (exact) mass is 854 g/mol. The van der Waals surface area contributed by atoms with Crippen molar-refractivity contribution in [2.45, 2.75) is 225 Å². The molecule has 0 saturated heterocycles. The molecule has 0 heterocycles. The van der Waals surface area contributed by atoms with Crippen LogP contribution in [0.15, 0.2) is 36.5 Å². The van der Waals surface area contributed by atoms with Gasteiger partial charge in [0.1, 0.15) is 6.61 Å². The maximum Gasteiger partial charge on any atom is 0.472 e. The summed E-state index contributed by atoms with van der Waals surface area (Å²) in [6.07, 6.45) is 49.2. The van der Waals surface area contributed by atoms with E-state index in [-0.39, 0.29) is 32.0 Å². The predicted octanol–water partition coefficient (Wildman–Crippen LogP) is 14.3. The van der Waals surface area contributed by atoms with Crippen molar-refractivity contribution in [1.29, 1.82) is 0 Å². The van der Waals surface area contributed by atoms with E-state index >= 15 is 0 Å². The molecule has 10 heteroatoms. The van der Waals surface area contributed by atoms with Gasteiger partial charge < -0.3 is 19.3 Å². The first-order valence-electron chi connectivity index (χ1n) is 24.3. The van der Waals surface area contributed by atoms with Crippen molar-refractivity contribution in [2.24, 2.45) is 0 Å². The minimum atomic E-state index is -4.37. The van der Waals surface area contributed by atoms with Gasteiger partial charge in [0.05, 0.1) is 13.2 Å².